The minimum Gasteiger partial charge on any atom is -0.459 e. The lowest BCUT2D eigenvalue weighted by atomic mass is 10.1. The first kappa shape index (κ1) is 14.8. The van der Waals surface area contributed by atoms with Gasteiger partial charge < -0.3 is 19.5 Å². The Labute approximate surface area is 129 Å². The van der Waals surface area contributed by atoms with Gasteiger partial charge in [0.15, 0.2) is 5.76 Å². The molecular formula is C16H21N3O3. The van der Waals surface area contributed by atoms with Gasteiger partial charge in [0.2, 0.25) is 5.91 Å². The van der Waals surface area contributed by atoms with Crippen molar-refractivity contribution in [1.82, 2.24) is 9.88 Å². The zero-order valence-electron chi connectivity index (χ0n) is 12.9. The van der Waals surface area contributed by atoms with Crippen molar-refractivity contribution < 1.29 is 13.6 Å². The molecule has 2 unspecified atom stereocenters. The number of hydrogen-bond acceptors (Lipinski definition) is 5. The van der Waals surface area contributed by atoms with E-state index in [1.54, 1.807) is 18.4 Å². The molecule has 0 aromatic carbocycles. The van der Waals surface area contributed by atoms with Crippen molar-refractivity contribution in [2.24, 2.45) is 11.7 Å². The van der Waals surface area contributed by atoms with Crippen molar-refractivity contribution in [2.45, 2.75) is 32.7 Å². The lowest BCUT2D eigenvalue weighted by Gasteiger charge is -2.21. The molecule has 1 aliphatic heterocycles. The molecule has 0 aliphatic carbocycles. The monoisotopic (exact) mass is 303 g/mol. The molecule has 118 valence electrons. The van der Waals surface area contributed by atoms with Crippen LogP contribution in [-0.4, -0.2) is 34.9 Å². The van der Waals surface area contributed by atoms with Gasteiger partial charge in [0, 0.05) is 12.6 Å². The Bertz CT molecular complexity index is 648. The first-order valence-electron chi connectivity index (χ1n) is 7.58. The number of amides is 1. The number of likely N-dealkylation sites (tertiary alicyclic amines) is 1. The van der Waals surface area contributed by atoms with Crippen LogP contribution in [0.1, 0.15) is 24.8 Å². The fourth-order valence-electron chi connectivity index (χ4n) is 3.00. The SMILES string of the molecule is Cc1oc(-c2ccco2)nc1CC(=O)N1CC(CN)CC1C. The quantitative estimate of drug-likeness (QED) is 0.933. The van der Waals surface area contributed by atoms with Crippen LogP contribution in [0.25, 0.3) is 11.7 Å². The molecule has 22 heavy (non-hydrogen) atoms. The Hall–Kier alpha value is -2.08. The summed E-state index contributed by atoms with van der Waals surface area (Å²) in [5, 5.41) is 0. The Balaban J connectivity index is 1.72. The van der Waals surface area contributed by atoms with Gasteiger partial charge in [0.1, 0.15) is 5.76 Å². The van der Waals surface area contributed by atoms with Crippen LogP contribution in [0.3, 0.4) is 0 Å². The summed E-state index contributed by atoms with van der Waals surface area (Å²) >= 11 is 0. The van der Waals surface area contributed by atoms with Gasteiger partial charge in [-0.2, -0.15) is 0 Å². The predicted molar refractivity (Wildman–Crippen MR) is 81.0 cm³/mol. The summed E-state index contributed by atoms with van der Waals surface area (Å²) in [5.41, 5.74) is 6.38. The second-order valence-electron chi connectivity index (χ2n) is 5.91. The van der Waals surface area contributed by atoms with E-state index in [0.29, 0.717) is 35.6 Å². The van der Waals surface area contributed by atoms with Crippen LogP contribution in [0.5, 0.6) is 0 Å². The van der Waals surface area contributed by atoms with E-state index >= 15 is 0 Å². The molecule has 2 aromatic heterocycles. The predicted octanol–water partition coefficient (Wildman–Crippen LogP) is 1.98. The van der Waals surface area contributed by atoms with Gasteiger partial charge in [0.05, 0.1) is 18.4 Å². The normalized spacial score (nSPS) is 21.5. The maximum Gasteiger partial charge on any atom is 0.263 e. The minimum absolute atomic E-state index is 0.0749. The highest BCUT2D eigenvalue weighted by molar-refractivity contribution is 5.79. The molecule has 0 saturated carbocycles. The number of furan rings is 1. The molecule has 2 atom stereocenters. The number of nitrogens with two attached hydrogens (primary N) is 1. The zero-order valence-corrected chi connectivity index (χ0v) is 12.9. The maximum absolute atomic E-state index is 12.5. The van der Waals surface area contributed by atoms with Crippen LogP contribution in [0.4, 0.5) is 0 Å². The number of aromatic nitrogens is 1. The van der Waals surface area contributed by atoms with Crippen molar-refractivity contribution in [1.29, 1.82) is 0 Å². The minimum atomic E-state index is 0.0749. The third kappa shape index (κ3) is 2.78. The molecule has 3 heterocycles. The molecule has 1 amide bonds. The van der Waals surface area contributed by atoms with E-state index in [1.807, 2.05) is 11.8 Å². The van der Waals surface area contributed by atoms with E-state index in [1.165, 1.54) is 0 Å². The van der Waals surface area contributed by atoms with Crippen LogP contribution in [-0.2, 0) is 11.2 Å². The average molecular weight is 303 g/mol. The van der Waals surface area contributed by atoms with Crippen LogP contribution in [0.2, 0.25) is 0 Å². The van der Waals surface area contributed by atoms with Gasteiger partial charge in [0.25, 0.3) is 5.89 Å². The fraction of sp³-hybridized carbons (Fsp3) is 0.500. The Morgan fingerprint density at radius 1 is 1.55 bits per heavy atom. The van der Waals surface area contributed by atoms with Crippen molar-refractivity contribution in [2.75, 3.05) is 13.1 Å². The van der Waals surface area contributed by atoms with Gasteiger partial charge in [-0.1, -0.05) is 0 Å². The van der Waals surface area contributed by atoms with Crippen molar-refractivity contribution in [3.8, 4) is 11.7 Å². The molecule has 2 N–H and O–H groups in total. The first-order chi connectivity index (χ1) is 10.6. The Morgan fingerprint density at radius 2 is 2.36 bits per heavy atom. The zero-order chi connectivity index (χ0) is 15.7. The largest absolute Gasteiger partial charge is 0.459 e. The van der Waals surface area contributed by atoms with E-state index in [9.17, 15) is 4.79 Å². The van der Waals surface area contributed by atoms with Crippen LogP contribution in [0, 0.1) is 12.8 Å². The molecule has 1 saturated heterocycles. The summed E-state index contributed by atoms with van der Waals surface area (Å²) in [4.78, 5) is 18.8. The van der Waals surface area contributed by atoms with Gasteiger partial charge in [-0.15, -0.1) is 0 Å². The molecule has 0 radical (unpaired) electrons. The first-order valence-corrected chi connectivity index (χ1v) is 7.58. The molecule has 0 spiro atoms. The van der Waals surface area contributed by atoms with Gasteiger partial charge in [-0.3, -0.25) is 4.79 Å². The second kappa shape index (κ2) is 5.96. The number of hydrogen-bond donors (Lipinski definition) is 1. The summed E-state index contributed by atoms with van der Waals surface area (Å²) in [6.07, 6.45) is 2.79. The summed E-state index contributed by atoms with van der Waals surface area (Å²) in [7, 11) is 0. The Kier molecular flexibility index (Phi) is 4.02. The number of aryl methyl sites for hydroxylation is 1. The number of oxazole rings is 1. The summed E-state index contributed by atoms with van der Waals surface area (Å²) < 4.78 is 10.9. The van der Waals surface area contributed by atoms with E-state index in [-0.39, 0.29) is 18.4 Å². The maximum atomic E-state index is 12.5. The van der Waals surface area contributed by atoms with E-state index in [0.717, 1.165) is 13.0 Å². The highest BCUT2D eigenvalue weighted by Crippen LogP contribution is 2.25. The van der Waals surface area contributed by atoms with E-state index < -0.39 is 0 Å². The number of carbonyl (C=O) groups is 1. The standard InChI is InChI=1S/C16H21N3O3/c1-10-6-12(8-17)9-19(10)15(20)7-13-11(2)22-16(18-13)14-4-3-5-21-14/h3-5,10,12H,6-9,17H2,1-2H3. The highest BCUT2D eigenvalue weighted by Gasteiger charge is 2.32. The molecule has 6 nitrogen and oxygen atoms in total. The summed E-state index contributed by atoms with van der Waals surface area (Å²) in [6, 6.07) is 3.79. The van der Waals surface area contributed by atoms with E-state index in [2.05, 4.69) is 11.9 Å². The van der Waals surface area contributed by atoms with Crippen molar-refractivity contribution in [3.63, 3.8) is 0 Å². The Morgan fingerprint density at radius 3 is 3.00 bits per heavy atom. The van der Waals surface area contributed by atoms with Crippen LogP contribution >= 0.6 is 0 Å². The smallest absolute Gasteiger partial charge is 0.263 e. The van der Waals surface area contributed by atoms with Gasteiger partial charge in [-0.05, 0) is 44.9 Å². The molecular weight excluding hydrogens is 282 g/mol. The van der Waals surface area contributed by atoms with Gasteiger partial charge in [-0.25, -0.2) is 4.98 Å². The lowest BCUT2D eigenvalue weighted by molar-refractivity contribution is -0.131. The third-order valence-electron chi connectivity index (χ3n) is 4.26. The molecule has 1 aliphatic rings. The summed E-state index contributed by atoms with van der Waals surface area (Å²) in [6.45, 7) is 5.24. The van der Waals surface area contributed by atoms with Gasteiger partial charge >= 0.3 is 0 Å². The van der Waals surface area contributed by atoms with Crippen LogP contribution in [0.15, 0.2) is 27.2 Å². The third-order valence-corrected chi connectivity index (χ3v) is 4.26. The number of rotatable bonds is 4. The number of carbonyl (C=O) groups excluding carboxylic acids is 1. The van der Waals surface area contributed by atoms with Crippen molar-refractivity contribution >= 4 is 5.91 Å². The van der Waals surface area contributed by atoms with Crippen LogP contribution < -0.4 is 5.73 Å². The molecule has 6 heteroatoms. The fourth-order valence-corrected chi connectivity index (χ4v) is 3.00. The molecule has 3 rings (SSSR count). The molecule has 2 aromatic rings. The lowest BCUT2D eigenvalue weighted by Crippen LogP contribution is -2.35. The van der Waals surface area contributed by atoms with Crippen molar-refractivity contribution in [3.05, 3.63) is 29.9 Å². The average Bonchev–Trinajstić information content (AvgIpc) is 3.19. The van der Waals surface area contributed by atoms with E-state index in [4.69, 9.17) is 14.6 Å². The number of nitrogens with zero attached hydrogens (tertiary/aromatic N) is 2. The second-order valence-corrected chi connectivity index (χ2v) is 5.91. The topological polar surface area (TPSA) is 85.5 Å². The molecule has 0 bridgehead atoms. The molecule has 1 fully saturated rings. The highest BCUT2D eigenvalue weighted by atomic mass is 16.4. The summed E-state index contributed by atoms with van der Waals surface area (Å²) in [5.74, 6) is 2.11.